The highest BCUT2D eigenvalue weighted by molar-refractivity contribution is 7.45. The maximum absolute atomic E-state index is 13.1. The molecular weight excluding hydrogens is 1140 g/mol. The van der Waals surface area contributed by atoms with Crippen molar-refractivity contribution in [3.63, 3.8) is 0 Å². The summed E-state index contributed by atoms with van der Waals surface area (Å²) in [7, 11) is 1.27. The molecule has 0 aliphatic rings. The normalized spacial score (nSPS) is 14.1. The molecule has 0 aliphatic carbocycles. The molecule has 9 heteroatoms. The van der Waals surface area contributed by atoms with Crippen LogP contribution in [0, 0.1) is 0 Å². The van der Waals surface area contributed by atoms with Gasteiger partial charge in [0.15, 0.2) is 0 Å². The van der Waals surface area contributed by atoms with Crippen LogP contribution in [-0.4, -0.2) is 68.5 Å². The summed E-state index contributed by atoms with van der Waals surface area (Å²) in [5.74, 6) is -0.195. The SMILES string of the molecule is CC/C=C\C/C=C\C/C=C\C/C=C\C/C=C\C/C=C\C/C=C\CCCCCCCCCCCCCCCCCC(=O)NC(COP(=O)([O-])OCC[N+](C)(C)C)C(O)/C=C/CCCCCCCCCCCCCCCCCCCCCCCCCCCCCCCC. The van der Waals surface area contributed by atoms with Crippen LogP contribution in [0.1, 0.15) is 367 Å². The van der Waals surface area contributed by atoms with E-state index in [2.05, 4.69) is 104 Å². The number of quaternary nitrogens is 1. The van der Waals surface area contributed by atoms with E-state index in [0.717, 1.165) is 83.5 Å². The highest BCUT2D eigenvalue weighted by Gasteiger charge is 2.23. The minimum absolute atomic E-state index is 0.00287. The van der Waals surface area contributed by atoms with E-state index in [-0.39, 0.29) is 19.1 Å². The Kier molecular flexibility index (Phi) is 69.7. The summed E-state index contributed by atoms with van der Waals surface area (Å²) in [4.78, 5) is 25.7. The van der Waals surface area contributed by atoms with Gasteiger partial charge in [0.1, 0.15) is 13.2 Å². The zero-order valence-corrected chi connectivity index (χ0v) is 61.7. The Labute approximate surface area is 566 Å². The summed E-state index contributed by atoms with van der Waals surface area (Å²) in [6, 6.07) is -0.893. The highest BCUT2D eigenvalue weighted by Crippen LogP contribution is 2.38. The first-order valence-electron chi connectivity index (χ1n) is 39.1. The molecule has 530 valence electrons. The third-order valence-electron chi connectivity index (χ3n) is 17.5. The molecule has 0 saturated carbocycles. The molecule has 3 unspecified atom stereocenters. The molecule has 0 aromatic carbocycles. The average molecular weight is 1290 g/mol. The largest absolute Gasteiger partial charge is 0.756 e. The molecule has 0 heterocycles. The van der Waals surface area contributed by atoms with Crippen molar-refractivity contribution >= 4 is 13.7 Å². The lowest BCUT2D eigenvalue weighted by Gasteiger charge is -2.29. The van der Waals surface area contributed by atoms with Crippen LogP contribution >= 0.6 is 7.82 Å². The fraction of sp³-hybridized carbons (Fsp3) is 0.793. The van der Waals surface area contributed by atoms with Crippen LogP contribution in [-0.2, 0) is 18.4 Å². The van der Waals surface area contributed by atoms with Gasteiger partial charge in [0.25, 0.3) is 7.82 Å². The Bertz CT molecular complexity index is 1810. The van der Waals surface area contributed by atoms with Gasteiger partial charge >= 0.3 is 0 Å². The van der Waals surface area contributed by atoms with Gasteiger partial charge in [0.05, 0.1) is 39.9 Å². The number of hydrogen-bond acceptors (Lipinski definition) is 6. The highest BCUT2D eigenvalue weighted by atomic mass is 31.2. The number of hydrogen-bond donors (Lipinski definition) is 2. The van der Waals surface area contributed by atoms with Gasteiger partial charge in [-0.15, -0.1) is 0 Å². The molecule has 0 rings (SSSR count). The zero-order valence-electron chi connectivity index (χ0n) is 60.8. The molecule has 0 spiro atoms. The molecule has 91 heavy (non-hydrogen) atoms. The van der Waals surface area contributed by atoms with Crippen LogP contribution in [0.4, 0.5) is 0 Å². The number of unbranched alkanes of at least 4 members (excludes halogenated alkanes) is 45. The first kappa shape index (κ1) is 88.4. The third kappa shape index (κ3) is 74.7. The molecule has 0 aromatic heterocycles. The van der Waals surface area contributed by atoms with E-state index in [9.17, 15) is 19.4 Å². The molecule has 8 nitrogen and oxygen atoms in total. The fourth-order valence-corrected chi connectivity index (χ4v) is 12.3. The molecular formula is C82H151N2O6P. The summed E-state index contributed by atoms with van der Waals surface area (Å²) >= 11 is 0. The van der Waals surface area contributed by atoms with Crippen molar-refractivity contribution in [2.45, 2.75) is 379 Å². The van der Waals surface area contributed by atoms with Crippen molar-refractivity contribution < 1.29 is 32.9 Å². The maximum atomic E-state index is 13.1. The lowest BCUT2D eigenvalue weighted by molar-refractivity contribution is -0.870. The van der Waals surface area contributed by atoms with Gasteiger partial charge in [0, 0.05) is 6.42 Å². The van der Waals surface area contributed by atoms with E-state index in [1.165, 1.54) is 263 Å². The number of aliphatic hydroxyl groups excluding tert-OH is 1. The zero-order chi connectivity index (χ0) is 66.2. The van der Waals surface area contributed by atoms with Gasteiger partial charge in [-0.05, 0) is 77.0 Å². The number of allylic oxidation sites excluding steroid dienone is 15. The molecule has 2 N–H and O–H groups in total. The summed E-state index contributed by atoms with van der Waals surface area (Å²) in [5.41, 5.74) is 0. The molecule has 0 saturated heterocycles. The van der Waals surface area contributed by atoms with Gasteiger partial charge < -0.3 is 28.8 Å². The minimum atomic E-state index is -4.61. The van der Waals surface area contributed by atoms with Crippen molar-refractivity contribution in [3.05, 3.63) is 97.2 Å². The lowest BCUT2D eigenvalue weighted by Crippen LogP contribution is -2.45. The topological polar surface area (TPSA) is 108 Å². The number of rotatable bonds is 72. The molecule has 1 amide bonds. The predicted octanol–water partition coefficient (Wildman–Crippen LogP) is 25.0. The number of nitrogens with zero attached hydrogens (tertiary/aromatic N) is 1. The van der Waals surface area contributed by atoms with Gasteiger partial charge in [-0.3, -0.25) is 9.36 Å². The van der Waals surface area contributed by atoms with Crippen molar-refractivity contribution in [1.29, 1.82) is 0 Å². The van der Waals surface area contributed by atoms with E-state index in [4.69, 9.17) is 9.05 Å². The van der Waals surface area contributed by atoms with Crippen molar-refractivity contribution in [2.75, 3.05) is 40.9 Å². The Morgan fingerprint density at radius 2 is 0.670 bits per heavy atom. The Hall–Kier alpha value is -2.58. The summed E-state index contributed by atoms with van der Waals surface area (Å²) < 4.78 is 23.5. The van der Waals surface area contributed by atoms with Gasteiger partial charge in [0.2, 0.25) is 5.91 Å². The van der Waals surface area contributed by atoms with Gasteiger partial charge in [-0.2, -0.15) is 0 Å². The summed E-state index contributed by atoms with van der Waals surface area (Å²) in [5, 5.41) is 14.0. The number of carbonyl (C=O) groups is 1. The standard InChI is InChI=1S/C82H151N2O6P/c1-6-8-10-12-14-16-18-20-22-24-26-28-30-32-34-36-38-40-41-42-43-44-46-48-50-52-54-56-58-60-62-64-66-68-70-72-74-76-82(86)83-80(79-90-91(87,88)89-78-77-84(3,4)5)81(85)75-73-71-69-67-65-63-61-59-57-55-53-51-49-47-45-39-37-35-33-31-29-27-25-23-21-19-17-15-13-11-9-7-2/h8,10,14,16,20,22,26,28,32,34,38,40,42-43,73,75,80-81,85H,6-7,9,11-13,15,17-19,21,23-25,27,29-31,33,35-37,39,41,44-72,74,76-79H2,1-5H3,(H-,83,86,87,88)/b10-8-,16-14-,22-20-,28-26-,34-32-,40-38-,43-42-,75-73+. The molecule has 0 bridgehead atoms. The van der Waals surface area contributed by atoms with E-state index in [0.29, 0.717) is 17.4 Å². The smallest absolute Gasteiger partial charge is 0.268 e. The second-order valence-electron chi connectivity index (χ2n) is 27.7. The van der Waals surface area contributed by atoms with Crippen LogP contribution in [0.3, 0.4) is 0 Å². The number of amides is 1. The van der Waals surface area contributed by atoms with E-state index < -0.39 is 20.0 Å². The van der Waals surface area contributed by atoms with Crippen molar-refractivity contribution in [2.24, 2.45) is 0 Å². The Morgan fingerprint density at radius 1 is 0.396 bits per heavy atom. The second-order valence-corrected chi connectivity index (χ2v) is 29.1. The molecule has 0 radical (unpaired) electrons. The first-order chi connectivity index (χ1) is 44.5. The summed E-state index contributed by atoms with van der Waals surface area (Å²) in [6.07, 6.45) is 104. The molecule has 3 atom stereocenters. The van der Waals surface area contributed by atoms with Crippen molar-refractivity contribution in [1.82, 2.24) is 5.32 Å². The number of nitrogens with one attached hydrogen (secondary N) is 1. The first-order valence-corrected chi connectivity index (χ1v) is 40.6. The third-order valence-corrected chi connectivity index (χ3v) is 18.5. The van der Waals surface area contributed by atoms with Crippen LogP contribution in [0.25, 0.3) is 0 Å². The fourth-order valence-electron chi connectivity index (χ4n) is 11.6. The quantitative estimate of drug-likeness (QED) is 0.0272. The monoisotopic (exact) mass is 1290 g/mol. The number of carbonyl (C=O) groups excluding carboxylic acids is 1. The lowest BCUT2D eigenvalue weighted by atomic mass is 10.0. The predicted molar refractivity (Wildman–Crippen MR) is 399 cm³/mol. The van der Waals surface area contributed by atoms with Crippen LogP contribution in [0.5, 0.6) is 0 Å². The molecule has 0 aliphatic heterocycles. The van der Waals surface area contributed by atoms with Crippen LogP contribution in [0.15, 0.2) is 97.2 Å². The van der Waals surface area contributed by atoms with Gasteiger partial charge in [-0.25, -0.2) is 0 Å². The van der Waals surface area contributed by atoms with Crippen LogP contribution < -0.4 is 10.2 Å². The average Bonchev–Trinajstić information content (AvgIpc) is 3.42. The van der Waals surface area contributed by atoms with Crippen molar-refractivity contribution in [3.8, 4) is 0 Å². The second kappa shape index (κ2) is 71.7. The number of likely N-dealkylation sites (N-methyl/N-ethyl adjacent to an activating group) is 1. The molecule has 0 aromatic rings. The van der Waals surface area contributed by atoms with Gasteiger partial charge in [-0.1, -0.05) is 381 Å². The maximum Gasteiger partial charge on any atom is 0.268 e. The Balaban J connectivity index is 4.02. The molecule has 0 fully saturated rings. The minimum Gasteiger partial charge on any atom is -0.756 e. The number of aliphatic hydroxyl groups is 1. The number of phosphoric acid groups is 1. The van der Waals surface area contributed by atoms with E-state index >= 15 is 0 Å². The van der Waals surface area contributed by atoms with Crippen LogP contribution in [0.2, 0.25) is 0 Å². The Morgan fingerprint density at radius 3 is 0.978 bits per heavy atom. The summed E-state index contributed by atoms with van der Waals surface area (Å²) in [6.45, 7) is 4.58. The van der Waals surface area contributed by atoms with E-state index in [1.807, 2.05) is 27.2 Å². The number of phosphoric ester groups is 1. The van der Waals surface area contributed by atoms with E-state index in [1.54, 1.807) is 6.08 Å².